The van der Waals surface area contributed by atoms with E-state index in [4.69, 9.17) is 0 Å². The second-order valence-electron chi connectivity index (χ2n) is 3.74. The molecule has 0 saturated carbocycles. The quantitative estimate of drug-likeness (QED) is 0.834. The van der Waals surface area contributed by atoms with E-state index >= 15 is 0 Å². The van der Waals surface area contributed by atoms with Crippen LogP contribution in [-0.2, 0) is 0 Å². The number of rotatable bonds is 2. The lowest BCUT2D eigenvalue weighted by Crippen LogP contribution is -2.41. The summed E-state index contributed by atoms with van der Waals surface area (Å²) >= 11 is 0. The molecule has 1 aliphatic rings. The predicted octanol–water partition coefficient (Wildman–Crippen LogP) is 1.69. The van der Waals surface area contributed by atoms with E-state index in [1.807, 2.05) is 25.4 Å². The maximum Gasteiger partial charge on any atom is 0.128 e. The molecule has 84 valence electrons. The maximum atomic E-state index is 4.36. The van der Waals surface area contributed by atoms with Crippen LogP contribution in [0.2, 0.25) is 0 Å². The summed E-state index contributed by atoms with van der Waals surface area (Å²) in [5, 5.41) is 3.33. The summed E-state index contributed by atoms with van der Waals surface area (Å²) in [6.07, 6.45) is 4.29. The zero-order valence-corrected chi connectivity index (χ0v) is 9.83. The van der Waals surface area contributed by atoms with Crippen molar-refractivity contribution in [3.05, 3.63) is 24.4 Å². The molecule has 1 aromatic rings. The van der Waals surface area contributed by atoms with Crippen LogP contribution in [0.3, 0.4) is 0 Å². The van der Waals surface area contributed by atoms with Crippen LogP contribution in [-0.4, -0.2) is 31.2 Å². The number of halogens is 1. The van der Waals surface area contributed by atoms with E-state index in [0.29, 0.717) is 6.04 Å². The van der Waals surface area contributed by atoms with Crippen molar-refractivity contribution in [3.63, 3.8) is 0 Å². The molecule has 1 N–H and O–H groups in total. The Morgan fingerprint density at radius 2 is 2.07 bits per heavy atom. The topological polar surface area (TPSA) is 28.2 Å². The van der Waals surface area contributed by atoms with Crippen LogP contribution in [0.5, 0.6) is 0 Å². The molecule has 1 aliphatic heterocycles. The summed E-state index contributed by atoms with van der Waals surface area (Å²) in [5.41, 5.74) is 0. The van der Waals surface area contributed by atoms with Crippen LogP contribution in [0.15, 0.2) is 24.4 Å². The van der Waals surface area contributed by atoms with Crippen LogP contribution < -0.4 is 10.2 Å². The average molecular weight is 228 g/mol. The van der Waals surface area contributed by atoms with Crippen molar-refractivity contribution >= 4 is 18.2 Å². The molecule has 1 aromatic heterocycles. The number of piperidine rings is 1. The van der Waals surface area contributed by atoms with Crippen molar-refractivity contribution in [3.8, 4) is 0 Å². The van der Waals surface area contributed by atoms with E-state index in [-0.39, 0.29) is 12.4 Å². The molecule has 0 aromatic carbocycles. The van der Waals surface area contributed by atoms with Crippen molar-refractivity contribution in [1.29, 1.82) is 0 Å². The fourth-order valence-corrected chi connectivity index (χ4v) is 1.94. The highest BCUT2D eigenvalue weighted by molar-refractivity contribution is 5.85. The van der Waals surface area contributed by atoms with Crippen LogP contribution in [0.1, 0.15) is 12.8 Å². The fraction of sp³-hybridized carbons (Fsp3) is 0.545. The Labute approximate surface area is 97.3 Å². The second-order valence-corrected chi connectivity index (χ2v) is 3.74. The van der Waals surface area contributed by atoms with E-state index in [2.05, 4.69) is 21.3 Å². The number of hydrogen-bond acceptors (Lipinski definition) is 3. The number of hydrogen-bond donors (Lipinski definition) is 1. The normalized spacial score (nSPS) is 17.3. The van der Waals surface area contributed by atoms with Crippen molar-refractivity contribution < 1.29 is 0 Å². The van der Waals surface area contributed by atoms with Gasteiger partial charge >= 0.3 is 0 Å². The Hall–Kier alpha value is -0.800. The number of nitrogens with one attached hydrogen (secondary N) is 1. The lowest BCUT2D eigenvalue weighted by molar-refractivity contribution is 0.441. The van der Waals surface area contributed by atoms with Crippen LogP contribution >= 0.6 is 12.4 Å². The molecular formula is C11H18ClN3. The summed E-state index contributed by atoms with van der Waals surface area (Å²) in [4.78, 5) is 6.71. The molecular weight excluding hydrogens is 210 g/mol. The molecule has 4 heteroatoms. The second kappa shape index (κ2) is 5.93. The molecule has 15 heavy (non-hydrogen) atoms. The van der Waals surface area contributed by atoms with Gasteiger partial charge in [0.05, 0.1) is 0 Å². The summed E-state index contributed by atoms with van der Waals surface area (Å²) in [6.45, 7) is 2.23. The van der Waals surface area contributed by atoms with E-state index in [0.717, 1.165) is 18.9 Å². The van der Waals surface area contributed by atoms with Crippen molar-refractivity contribution in [1.82, 2.24) is 10.3 Å². The van der Waals surface area contributed by atoms with Crippen molar-refractivity contribution in [2.24, 2.45) is 0 Å². The zero-order chi connectivity index (χ0) is 9.80. The molecule has 0 atom stereocenters. The van der Waals surface area contributed by atoms with Crippen LogP contribution in [0, 0.1) is 0 Å². The summed E-state index contributed by atoms with van der Waals surface area (Å²) in [5.74, 6) is 1.11. The van der Waals surface area contributed by atoms with E-state index < -0.39 is 0 Å². The molecule has 0 radical (unpaired) electrons. The average Bonchev–Trinajstić information content (AvgIpc) is 2.30. The SMILES string of the molecule is CNC1CCN(c2ccccn2)CC1.Cl. The van der Waals surface area contributed by atoms with Crippen LogP contribution in [0.25, 0.3) is 0 Å². The minimum absolute atomic E-state index is 0. The zero-order valence-electron chi connectivity index (χ0n) is 9.02. The lowest BCUT2D eigenvalue weighted by atomic mass is 10.1. The molecule has 0 amide bonds. The minimum atomic E-state index is 0. The number of anilines is 1. The molecule has 0 bridgehead atoms. The highest BCUT2D eigenvalue weighted by atomic mass is 35.5. The molecule has 1 saturated heterocycles. The fourth-order valence-electron chi connectivity index (χ4n) is 1.94. The van der Waals surface area contributed by atoms with Gasteiger partial charge < -0.3 is 10.2 Å². The minimum Gasteiger partial charge on any atom is -0.357 e. The first-order chi connectivity index (χ1) is 6.90. The Balaban J connectivity index is 0.00000112. The van der Waals surface area contributed by atoms with E-state index in [1.54, 1.807) is 0 Å². The van der Waals surface area contributed by atoms with Gasteiger partial charge in [-0.2, -0.15) is 0 Å². The van der Waals surface area contributed by atoms with Gasteiger partial charge in [-0.05, 0) is 32.0 Å². The van der Waals surface area contributed by atoms with Gasteiger partial charge in [0.25, 0.3) is 0 Å². The summed E-state index contributed by atoms with van der Waals surface area (Å²) in [6, 6.07) is 6.78. The molecule has 2 rings (SSSR count). The van der Waals surface area contributed by atoms with Gasteiger partial charge in [0.1, 0.15) is 5.82 Å². The van der Waals surface area contributed by atoms with Gasteiger partial charge in [-0.15, -0.1) is 12.4 Å². The van der Waals surface area contributed by atoms with Crippen LogP contribution in [0.4, 0.5) is 5.82 Å². The third-order valence-electron chi connectivity index (χ3n) is 2.88. The van der Waals surface area contributed by atoms with Gasteiger partial charge in [-0.1, -0.05) is 6.07 Å². The highest BCUT2D eigenvalue weighted by Crippen LogP contribution is 2.16. The Kier molecular flexibility index (Phi) is 4.85. The first-order valence-electron chi connectivity index (χ1n) is 5.23. The smallest absolute Gasteiger partial charge is 0.128 e. The van der Waals surface area contributed by atoms with Gasteiger partial charge in [0.15, 0.2) is 0 Å². The molecule has 2 heterocycles. The monoisotopic (exact) mass is 227 g/mol. The number of aromatic nitrogens is 1. The van der Waals surface area contributed by atoms with Crippen molar-refractivity contribution in [2.45, 2.75) is 18.9 Å². The molecule has 0 aliphatic carbocycles. The first kappa shape index (κ1) is 12.3. The summed E-state index contributed by atoms with van der Waals surface area (Å²) in [7, 11) is 2.04. The van der Waals surface area contributed by atoms with Gasteiger partial charge in [0.2, 0.25) is 0 Å². The standard InChI is InChI=1S/C11H17N3.ClH/c1-12-10-5-8-14(9-6-10)11-4-2-3-7-13-11;/h2-4,7,10,12H,5-6,8-9H2,1H3;1H. The Morgan fingerprint density at radius 3 is 2.60 bits per heavy atom. The van der Waals surface area contributed by atoms with E-state index in [1.165, 1.54) is 12.8 Å². The summed E-state index contributed by atoms with van der Waals surface area (Å²) < 4.78 is 0. The molecule has 1 fully saturated rings. The third kappa shape index (κ3) is 3.08. The maximum absolute atomic E-state index is 4.36. The van der Waals surface area contributed by atoms with E-state index in [9.17, 15) is 0 Å². The largest absolute Gasteiger partial charge is 0.357 e. The number of pyridine rings is 1. The van der Waals surface area contributed by atoms with Gasteiger partial charge in [-0.3, -0.25) is 0 Å². The highest BCUT2D eigenvalue weighted by Gasteiger charge is 2.17. The number of nitrogens with zero attached hydrogens (tertiary/aromatic N) is 2. The van der Waals surface area contributed by atoms with Gasteiger partial charge in [-0.25, -0.2) is 4.98 Å². The lowest BCUT2D eigenvalue weighted by Gasteiger charge is -2.32. The Bertz CT molecular complexity index is 270. The third-order valence-corrected chi connectivity index (χ3v) is 2.88. The predicted molar refractivity (Wildman–Crippen MR) is 65.8 cm³/mol. The molecule has 0 unspecified atom stereocenters. The van der Waals surface area contributed by atoms with Gasteiger partial charge in [0, 0.05) is 25.3 Å². The molecule has 0 spiro atoms. The van der Waals surface area contributed by atoms with Crippen molar-refractivity contribution in [2.75, 3.05) is 25.0 Å². The Morgan fingerprint density at radius 1 is 1.33 bits per heavy atom. The first-order valence-corrected chi connectivity index (χ1v) is 5.23. The molecule has 3 nitrogen and oxygen atoms in total.